The first-order valence-corrected chi connectivity index (χ1v) is 11.3. The van der Waals surface area contributed by atoms with Crippen molar-refractivity contribution in [2.75, 3.05) is 17.4 Å². The van der Waals surface area contributed by atoms with Gasteiger partial charge in [-0.25, -0.2) is 4.98 Å². The number of nitrogens with one attached hydrogen (secondary N) is 1. The van der Waals surface area contributed by atoms with Gasteiger partial charge in [-0.15, -0.1) is 0 Å². The van der Waals surface area contributed by atoms with Crippen LogP contribution in [-0.2, 0) is 27.8 Å². The molecule has 0 bridgehead atoms. The van der Waals surface area contributed by atoms with Gasteiger partial charge in [-0.3, -0.25) is 9.10 Å². The third kappa shape index (κ3) is 4.09. The number of amides is 1. The molecule has 2 aromatic carbocycles. The minimum Gasteiger partial charge on any atom is -0.354 e. The Labute approximate surface area is 176 Å². The van der Waals surface area contributed by atoms with Crippen molar-refractivity contribution in [3.63, 3.8) is 0 Å². The minimum absolute atomic E-state index is 0.0145. The van der Waals surface area contributed by atoms with Crippen LogP contribution in [0.3, 0.4) is 0 Å². The van der Waals surface area contributed by atoms with E-state index in [2.05, 4.69) is 10.3 Å². The lowest BCUT2D eigenvalue weighted by Gasteiger charge is -2.17. The maximum Gasteiger partial charge on any atom is 0.283 e. The number of para-hydroxylation sites is 1. The molecule has 1 aliphatic heterocycles. The average Bonchev–Trinajstić information content (AvgIpc) is 3.40. The van der Waals surface area contributed by atoms with Crippen LogP contribution in [0, 0.1) is 0 Å². The molecule has 0 spiro atoms. The molecular weight excluding hydrogens is 400 g/mol. The van der Waals surface area contributed by atoms with E-state index >= 15 is 0 Å². The molecule has 8 heteroatoms. The fraction of sp³-hybridized carbons (Fsp3) is 0.273. The molecule has 156 valence electrons. The van der Waals surface area contributed by atoms with Crippen molar-refractivity contribution in [3.05, 3.63) is 78.2 Å². The number of aromatic nitrogens is 2. The summed E-state index contributed by atoms with van der Waals surface area (Å²) in [6.07, 6.45) is 3.48. The number of fused-ring (bicyclic) bond motifs is 1. The number of rotatable bonds is 7. The van der Waals surface area contributed by atoms with Crippen molar-refractivity contribution in [1.82, 2.24) is 14.9 Å². The van der Waals surface area contributed by atoms with Crippen molar-refractivity contribution in [2.45, 2.75) is 30.8 Å². The Morgan fingerprint density at radius 3 is 2.67 bits per heavy atom. The van der Waals surface area contributed by atoms with Gasteiger partial charge in [0.05, 0.1) is 12.0 Å². The Morgan fingerprint density at radius 2 is 1.87 bits per heavy atom. The average molecular weight is 425 g/mol. The van der Waals surface area contributed by atoms with Gasteiger partial charge in [0.15, 0.2) is 5.03 Å². The van der Waals surface area contributed by atoms with Gasteiger partial charge in [0.2, 0.25) is 5.91 Å². The molecule has 1 N–H and O–H groups in total. The standard InChI is InChI=1S/C22H24N4O3S/c1-17(18-7-3-2-4-8-18)13-23-21(27)14-25-15-22(24-16-25)30(28,29)26-12-11-19-9-5-6-10-20(19)26/h2-10,15-17H,11-14H2,1H3,(H,23,27). The number of hydrogen-bond donors (Lipinski definition) is 1. The topological polar surface area (TPSA) is 84.3 Å². The van der Waals surface area contributed by atoms with E-state index in [-0.39, 0.29) is 23.4 Å². The third-order valence-corrected chi connectivity index (χ3v) is 7.01. The maximum absolute atomic E-state index is 13.0. The van der Waals surface area contributed by atoms with E-state index in [1.807, 2.05) is 55.5 Å². The molecule has 7 nitrogen and oxygen atoms in total. The van der Waals surface area contributed by atoms with Crippen LogP contribution in [-0.4, -0.2) is 37.0 Å². The van der Waals surface area contributed by atoms with Crippen LogP contribution in [0.5, 0.6) is 0 Å². The van der Waals surface area contributed by atoms with Gasteiger partial charge in [0.1, 0.15) is 6.54 Å². The summed E-state index contributed by atoms with van der Waals surface area (Å²) in [7, 11) is -3.76. The Hall–Kier alpha value is -3.13. The second-order valence-corrected chi connectivity index (χ2v) is 9.27. The minimum atomic E-state index is -3.76. The smallest absolute Gasteiger partial charge is 0.283 e. The number of sulfonamides is 1. The highest BCUT2D eigenvalue weighted by atomic mass is 32.2. The first-order valence-electron chi connectivity index (χ1n) is 9.89. The van der Waals surface area contributed by atoms with E-state index in [1.165, 1.54) is 21.4 Å². The molecule has 4 rings (SSSR count). The second-order valence-electron chi connectivity index (χ2n) is 7.46. The molecule has 30 heavy (non-hydrogen) atoms. The molecule has 0 radical (unpaired) electrons. The Balaban J connectivity index is 1.39. The van der Waals surface area contributed by atoms with Crippen LogP contribution >= 0.6 is 0 Å². The lowest BCUT2D eigenvalue weighted by Crippen LogP contribution is -2.30. The zero-order valence-corrected chi connectivity index (χ0v) is 17.5. The summed E-state index contributed by atoms with van der Waals surface area (Å²) < 4.78 is 28.9. The fourth-order valence-corrected chi connectivity index (χ4v) is 5.06. The molecule has 0 fully saturated rings. The van der Waals surface area contributed by atoms with Gasteiger partial charge < -0.3 is 9.88 Å². The van der Waals surface area contributed by atoms with Crippen LogP contribution in [0.15, 0.2) is 72.1 Å². The van der Waals surface area contributed by atoms with E-state index in [0.29, 0.717) is 25.2 Å². The van der Waals surface area contributed by atoms with Crippen molar-refractivity contribution >= 4 is 21.6 Å². The number of nitrogens with zero attached hydrogens (tertiary/aromatic N) is 3. The van der Waals surface area contributed by atoms with Crippen LogP contribution in [0.2, 0.25) is 0 Å². The van der Waals surface area contributed by atoms with Crippen LogP contribution in [0.1, 0.15) is 24.0 Å². The summed E-state index contributed by atoms with van der Waals surface area (Å²) >= 11 is 0. The monoisotopic (exact) mass is 424 g/mol. The van der Waals surface area contributed by atoms with E-state index in [1.54, 1.807) is 6.07 Å². The SMILES string of the molecule is CC(CNC(=O)Cn1cnc(S(=O)(=O)N2CCc3ccccc32)c1)c1ccccc1. The zero-order chi connectivity index (χ0) is 21.1. The highest BCUT2D eigenvalue weighted by molar-refractivity contribution is 7.92. The quantitative estimate of drug-likeness (QED) is 0.632. The lowest BCUT2D eigenvalue weighted by molar-refractivity contribution is -0.121. The first kappa shape index (κ1) is 20.2. The van der Waals surface area contributed by atoms with Crippen molar-refractivity contribution in [3.8, 4) is 0 Å². The third-order valence-electron chi connectivity index (χ3n) is 5.31. The predicted molar refractivity (Wildman–Crippen MR) is 115 cm³/mol. The largest absolute Gasteiger partial charge is 0.354 e. The van der Waals surface area contributed by atoms with Crippen molar-refractivity contribution in [2.24, 2.45) is 0 Å². The number of carbonyl (C=O) groups excluding carboxylic acids is 1. The summed E-state index contributed by atoms with van der Waals surface area (Å²) in [6, 6.07) is 17.4. The predicted octanol–water partition coefficient (Wildman–Crippen LogP) is 2.55. The Bertz CT molecular complexity index is 1140. The maximum atomic E-state index is 13.0. The van der Waals surface area contributed by atoms with Crippen molar-refractivity contribution < 1.29 is 13.2 Å². The van der Waals surface area contributed by atoms with Gasteiger partial charge in [0.25, 0.3) is 10.0 Å². The Morgan fingerprint density at radius 1 is 1.13 bits per heavy atom. The Kier molecular flexibility index (Phi) is 5.59. The molecule has 1 amide bonds. The summed E-state index contributed by atoms with van der Waals surface area (Å²) in [5.41, 5.74) is 2.85. The lowest BCUT2D eigenvalue weighted by atomic mass is 10.0. The molecule has 1 atom stereocenters. The molecule has 0 saturated carbocycles. The fourth-order valence-electron chi connectivity index (χ4n) is 3.62. The van der Waals surface area contributed by atoms with Gasteiger partial charge in [-0.2, -0.15) is 8.42 Å². The van der Waals surface area contributed by atoms with Gasteiger partial charge in [-0.05, 0) is 29.5 Å². The van der Waals surface area contributed by atoms with E-state index in [9.17, 15) is 13.2 Å². The molecule has 1 unspecified atom stereocenters. The van der Waals surface area contributed by atoms with E-state index in [4.69, 9.17) is 0 Å². The highest BCUT2D eigenvalue weighted by Gasteiger charge is 2.32. The number of benzene rings is 2. The van der Waals surface area contributed by atoms with E-state index in [0.717, 1.165) is 11.1 Å². The highest BCUT2D eigenvalue weighted by Crippen LogP contribution is 2.32. The number of imidazole rings is 1. The van der Waals surface area contributed by atoms with Gasteiger partial charge >= 0.3 is 0 Å². The molecule has 1 aliphatic rings. The molecular formula is C22H24N4O3S. The first-order chi connectivity index (χ1) is 14.4. The number of anilines is 1. The van der Waals surface area contributed by atoms with Gasteiger partial charge in [-0.1, -0.05) is 55.5 Å². The van der Waals surface area contributed by atoms with E-state index < -0.39 is 10.0 Å². The zero-order valence-electron chi connectivity index (χ0n) is 16.7. The van der Waals surface area contributed by atoms with Gasteiger partial charge in [0, 0.05) is 19.3 Å². The van der Waals surface area contributed by atoms with Crippen molar-refractivity contribution in [1.29, 1.82) is 0 Å². The molecule has 0 aliphatic carbocycles. The van der Waals surface area contributed by atoms with Crippen LogP contribution in [0.25, 0.3) is 0 Å². The number of hydrogen-bond acceptors (Lipinski definition) is 4. The second kappa shape index (κ2) is 8.31. The van der Waals surface area contributed by atoms with Crippen LogP contribution in [0.4, 0.5) is 5.69 Å². The molecule has 1 aromatic heterocycles. The summed E-state index contributed by atoms with van der Waals surface area (Å²) in [4.78, 5) is 16.4. The summed E-state index contributed by atoms with van der Waals surface area (Å²) in [5, 5.41) is 2.85. The summed E-state index contributed by atoms with van der Waals surface area (Å²) in [6.45, 7) is 2.96. The normalized spacial score (nSPS) is 14.4. The number of carbonyl (C=O) groups is 1. The molecule has 2 heterocycles. The summed E-state index contributed by atoms with van der Waals surface area (Å²) in [5.74, 6) is -0.00485. The van der Waals surface area contributed by atoms with Crippen LogP contribution < -0.4 is 9.62 Å². The molecule has 0 saturated heterocycles. The molecule has 3 aromatic rings.